The number of nitrogens with one attached hydrogen (secondary N) is 1. The Morgan fingerprint density at radius 2 is 1.90 bits per heavy atom. The molecule has 0 fully saturated rings. The third kappa shape index (κ3) is 6.57. The zero-order valence-electron chi connectivity index (χ0n) is 15.6. The minimum Gasteiger partial charge on any atom is -0.484 e. The van der Waals surface area contributed by atoms with Gasteiger partial charge < -0.3 is 14.6 Å². The van der Waals surface area contributed by atoms with Gasteiger partial charge in [-0.2, -0.15) is 18.2 Å². The van der Waals surface area contributed by atoms with Gasteiger partial charge >= 0.3 is 6.18 Å². The molecular formula is C20H17F4N3O3. The lowest BCUT2D eigenvalue weighted by Crippen LogP contribution is -2.19. The van der Waals surface area contributed by atoms with E-state index in [1.165, 1.54) is 42.5 Å². The summed E-state index contributed by atoms with van der Waals surface area (Å²) in [5, 5.41) is 6.42. The number of benzene rings is 2. The molecular weight excluding hydrogens is 406 g/mol. The summed E-state index contributed by atoms with van der Waals surface area (Å²) in [6.45, 7) is -1.41. The molecule has 3 rings (SSSR count). The SMILES string of the molecule is O=C(CCCc1nc(-c2ccc(F)cc2)no1)Nc1cccc(OCC(F)(F)F)c1. The average Bonchev–Trinajstić information content (AvgIpc) is 3.15. The number of carbonyl (C=O) groups excluding carboxylic acids is 1. The van der Waals surface area contributed by atoms with E-state index in [1.54, 1.807) is 6.07 Å². The van der Waals surface area contributed by atoms with Crippen molar-refractivity contribution in [3.05, 3.63) is 60.2 Å². The molecule has 10 heteroatoms. The van der Waals surface area contributed by atoms with Crippen molar-refractivity contribution in [1.82, 2.24) is 10.1 Å². The molecule has 1 N–H and O–H groups in total. The Bertz CT molecular complexity index is 987. The molecule has 0 saturated carbocycles. The molecule has 0 aliphatic rings. The Balaban J connectivity index is 1.46. The molecule has 1 aromatic heterocycles. The summed E-state index contributed by atoms with van der Waals surface area (Å²) >= 11 is 0. The highest BCUT2D eigenvalue weighted by molar-refractivity contribution is 5.90. The van der Waals surface area contributed by atoms with E-state index in [-0.39, 0.29) is 23.9 Å². The number of hydrogen-bond donors (Lipinski definition) is 1. The van der Waals surface area contributed by atoms with Crippen LogP contribution in [0.3, 0.4) is 0 Å². The summed E-state index contributed by atoms with van der Waals surface area (Å²) in [4.78, 5) is 16.3. The first kappa shape index (κ1) is 21.3. The van der Waals surface area contributed by atoms with E-state index in [0.29, 0.717) is 35.8 Å². The molecule has 0 bridgehead atoms. The number of ether oxygens (including phenoxy) is 1. The lowest BCUT2D eigenvalue weighted by molar-refractivity contribution is -0.153. The molecule has 0 aliphatic heterocycles. The van der Waals surface area contributed by atoms with Crippen LogP contribution in [-0.4, -0.2) is 28.8 Å². The number of carbonyl (C=O) groups is 1. The predicted octanol–water partition coefficient (Wildman–Crippen LogP) is 4.78. The van der Waals surface area contributed by atoms with E-state index in [9.17, 15) is 22.4 Å². The number of rotatable bonds is 8. The van der Waals surface area contributed by atoms with Crippen molar-refractivity contribution in [2.45, 2.75) is 25.4 Å². The summed E-state index contributed by atoms with van der Waals surface area (Å²) < 4.78 is 59.4. The molecule has 3 aromatic rings. The van der Waals surface area contributed by atoms with Crippen LogP contribution < -0.4 is 10.1 Å². The number of alkyl halides is 3. The Kier molecular flexibility index (Phi) is 6.65. The molecule has 30 heavy (non-hydrogen) atoms. The highest BCUT2D eigenvalue weighted by atomic mass is 19.4. The van der Waals surface area contributed by atoms with Gasteiger partial charge in [-0.3, -0.25) is 4.79 Å². The first-order chi connectivity index (χ1) is 14.3. The first-order valence-electron chi connectivity index (χ1n) is 8.96. The van der Waals surface area contributed by atoms with Crippen LogP contribution >= 0.6 is 0 Å². The Morgan fingerprint density at radius 1 is 1.13 bits per heavy atom. The van der Waals surface area contributed by atoms with Crippen LogP contribution in [0.2, 0.25) is 0 Å². The standard InChI is InChI=1S/C20H17F4N3O3/c21-14-9-7-13(8-10-14)19-26-18(30-27-19)6-2-5-17(28)25-15-3-1-4-16(11-15)29-12-20(22,23)24/h1,3-4,7-11H,2,5-6,12H2,(H,25,28). The lowest BCUT2D eigenvalue weighted by Gasteiger charge is -2.10. The summed E-state index contributed by atoms with van der Waals surface area (Å²) in [6.07, 6.45) is -3.52. The molecule has 6 nitrogen and oxygen atoms in total. The van der Waals surface area contributed by atoms with E-state index in [2.05, 4.69) is 20.2 Å². The molecule has 0 atom stereocenters. The Morgan fingerprint density at radius 3 is 2.63 bits per heavy atom. The highest BCUT2D eigenvalue weighted by Gasteiger charge is 2.28. The molecule has 158 valence electrons. The van der Waals surface area contributed by atoms with Gasteiger partial charge in [0.05, 0.1) is 0 Å². The van der Waals surface area contributed by atoms with Crippen molar-refractivity contribution in [1.29, 1.82) is 0 Å². The maximum atomic E-state index is 13.0. The number of aryl methyl sites for hydroxylation is 1. The fourth-order valence-electron chi connectivity index (χ4n) is 2.53. The molecule has 0 aliphatic carbocycles. The summed E-state index contributed by atoms with van der Waals surface area (Å²) in [7, 11) is 0. The molecule has 0 saturated heterocycles. The number of hydrogen-bond acceptors (Lipinski definition) is 5. The van der Waals surface area contributed by atoms with E-state index < -0.39 is 12.8 Å². The van der Waals surface area contributed by atoms with Gasteiger partial charge in [-0.05, 0) is 42.8 Å². The first-order valence-corrected chi connectivity index (χ1v) is 8.96. The van der Waals surface area contributed by atoms with Gasteiger partial charge in [-0.25, -0.2) is 4.39 Å². The third-order valence-electron chi connectivity index (χ3n) is 3.89. The topological polar surface area (TPSA) is 77.2 Å². The highest BCUT2D eigenvalue weighted by Crippen LogP contribution is 2.22. The molecule has 0 radical (unpaired) electrons. The molecule has 1 heterocycles. The van der Waals surface area contributed by atoms with E-state index in [1.807, 2.05) is 0 Å². The molecule has 2 aromatic carbocycles. The number of halogens is 4. The van der Waals surface area contributed by atoms with Gasteiger partial charge in [0.25, 0.3) is 0 Å². The maximum Gasteiger partial charge on any atom is 0.422 e. The second-order valence-electron chi connectivity index (χ2n) is 6.35. The number of aromatic nitrogens is 2. The van der Waals surface area contributed by atoms with Crippen molar-refractivity contribution in [3.63, 3.8) is 0 Å². The van der Waals surface area contributed by atoms with E-state index >= 15 is 0 Å². The number of amides is 1. The summed E-state index contributed by atoms with van der Waals surface area (Å²) in [5.74, 6) is -0.0220. The third-order valence-corrected chi connectivity index (χ3v) is 3.89. The molecule has 1 amide bonds. The molecule has 0 spiro atoms. The van der Waals surface area contributed by atoms with Crippen molar-refractivity contribution in [2.24, 2.45) is 0 Å². The van der Waals surface area contributed by atoms with Crippen LogP contribution in [0.4, 0.5) is 23.2 Å². The Labute approximate surface area is 168 Å². The van der Waals surface area contributed by atoms with Crippen LogP contribution in [0, 0.1) is 5.82 Å². The zero-order chi connectivity index (χ0) is 21.6. The van der Waals surface area contributed by atoms with Crippen LogP contribution in [0.25, 0.3) is 11.4 Å². The fourth-order valence-corrected chi connectivity index (χ4v) is 2.53. The minimum atomic E-state index is -4.44. The predicted molar refractivity (Wildman–Crippen MR) is 99.3 cm³/mol. The maximum absolute atomic E-state index is 13.0. The van der Waals surface area contributed by atoms with Crippen molar-refractivity contribution in [2.75, 3.05) is 11.9 Å². The van der Waals surface area contributed by atoms with Gasteiger partial charge in [0, 0.05) is 30.2 Å². The van der Waals surface area contributed by atoms with Gasteiger partial charge in [-0.15, -0.1) is 0 Å². The van der Waals surface area contributed by atoms with E-state index in [0.717, 1.165) is 0 Å². The van der Waals surface area contributed by atoms with E-state index in [4.69, 9.17) is 4.52 Å². The van der Waals surface area contributed by atoms with Gasteiger partial charge in [0.1, 0.15) is 11.6 Å². The zero-order valence-corrected chi connectivity index (χ0v) is 15.6. The second kappa shape index (κ2) is 9.38. The second-order valence-corrected chi connectivity index (χ2v) is 6.35. The summed E-state index contributed by atoms with van der Waals surface area (Å²) in [6, 6.07) is 11.4. The number of nitrogens with zero attached hydrogens (tertiary/aromatic N) is 2. The fraction of sp³-hybridized carbons (Fsp3) is 0.250. The normalized spacial score (nSPS) is 11.3. The van der Waals surface area contributed by atoms with Crippen molar-refractivity contribution in [3.8, 4) is 17.1 Å². The monoisotopic (exact) mass is 423 g/mol. The minimum absolute atomic E-state index is 0.00399. The number of anilines is 1. The smallest absolute Gasteiger partial charge is 0.422 e. The lowest BCUT2D eigenvalue weighted by atomic mass is 10.2. The molecule has 0 unspecified atom stereocenters. The van der Waals surface area contributed by atoms with Crippen LogP contribution in [0.15, 0.2) is 53.1 Å². The van der Waals surface area contributed by atoms with Gasteiger partial charge in [0.2, 0.25) is 17.6 Å². The van der Waals surface area contributed by atoms with Gasteiger partial charge in [-0.1, -0.05) is 11.2 Å². The van der Waals surface area contributed by atoms with Crippen molar-refractivity contribution < 1.29 is 31.6 Å². The summed E-state index contributed by atoms with van der Waals surface area (Å²) in [5.41, 5.74) is 0.938. The van der Waals surface area contributed by atoms with Crippen LogP contribution in [0.5, 0.6) is 5.75 Å². The van der Waals surface area contributed by atoms with Crippen LogP contribution in [0.1, 0.15) is 18.7 Å². The average molecular weight is 423 g/mol. The Hall–Kier alpha value is -3.43. The van der Waals surface area contributed by atoms with Gasteiger partial charge in [0.15, 0.2) is 6.61 Å². The van der Waals surface area contributed by atoms with Crippen LogP contribution in [-0.2, 0) is 11.2 Å². The largest absolute Gasteiger partial charge is 0.484 e. The quantitative estimate of drug-likeness (QED) is 0.528. The van der Waals surface area contributed by atoms with Crippen molar-refractivity contribution >= 4 is 11.6 Å².